The van der Waals surface area contributed by atoms with Gasteiger partial charge in [0.05, 0.1) is 0 Å². The topological polar surface area (TPSA) is 80.0 Å². The number of hydrogen-bond donors (Lipinski definition) is 2. The van der Waals surface area contributed by atoms with E-state index in [4.69, 9.17) is 4.52 Å². The van der Waals surface area contributed by atoms with Crippen LogP contribution < -0.4 is 10.6 Å². The molecule has 2 rings (SSSR count). The van der Waals surface area contributed by atoms with Crippen LogP contribution in [0.1, 0.15) is 22.8 Å². The number of carbonyl (C=O) groups excluding carboxylic acids is 1. The van der Waals surface area contributed by atoms with Crippen molar-refractivity contribution in [3.8, 4) is 0 Å². The normalized spacial score (nSPS) is 10.3. The molecule has 0 saturated carbocycles. The zero-order chi connectivity index (χ0) is 14.4. The van der Waals surface area contributed by atoms with Gasteiger partial charge in [-0.05, 0) is 18.1 Å². The molecule has 0 unspecified atom stereocenters. The number of aromatic nitrogens is 2. The van der Waals surface area contributed by atoms with E-state index in [1.54, 1.807) is 7.05 Å². The standard InChI is InChI=1S/C14H18N4O2/c1-10-5-3-4-6-11(10)9-12-17-13(20-18-12)7-8-16-14(19)15-2/h3-6H,7-9H2,1-2H3,(H2,15,16,19). The lowest BCUT2D eigenvalue weighted by molar-refractivity contribution is 0.242. The molecule has 0 fully saturated rings. The van der Waals surface area contributed by atoms with Crippen LogP contribution in [0.15, 0.2) is 28.8 Å². The Hall–Kier alpha value is -2.37. The maximum Gasteiger partial charge on any atom is 0.314 e. The number of rotatable bonds is 5. The van der Waals surface area contributed by atoms with E-state index in [9.17, 15) is 4.79 Å². The van der Waals surface area contributed by atoms with Gasteiger partial charge in [-0.3, -0.25) is 0 Å². The number of urea groups is 1. The summed E-state index contributed by atoms with van der Waals surface area (Å²) in [5.41, 5.74) is 2.39. The molecule has 6 nitrogen and oxygen atoms in total. The van der Waals surface area contributed by atoms with Gasteiger partial charge in [0, 0.05) is 26.4 Å². The minimum absolute atomic E-state index is 0.218. The van der Waals surface area contributed by atoms with Crippen molar-refractivity contribution in [2.75, 3.05) is 13.6 Å². The van der Waals surface area contributed by atoms with E-state index in [-0.39, 0.29) is 6.03 Å². The summed E-state index contributed by atoms with van der Waals surface area (Å²) in [5, 5.41) is 9.11. The molecule has 2 N–H and O–H groups in total. The van der Waals surface area contributed by atoms with Crippen LogP contribution in [0.5, 0.6) is 0 Å². The van der Waals surface area contributed by atoms with Crippen LogP contribution in [-0.2, 0) is 12.8 Å². The molecular weight excluding hydrogens is 256 g/mol. The molecule has 0 aliphatic rings. The van der Waals surface area contributed by atoms with Gasteiger partial charge in [-0.15, -0.1) is 0 Å². The van der Waals surface area contributed by atoms with Gasteiger partial charge < -0.3 is 15.2 Å². The molecule has 0 aliphatic heterocycles. The van der Waals surface area contributed by atoms with Crippen LogP contribution in [-0.4, -0.2) is 29.8 Å². The Kier molecular flexibility index (Phi) is 4.70. The Morgan fingerprint density at radius 2 is 2.15 bits per heavy atom. The van der Waals surface area contributed by atoms with Crippen molar-refractivity contribution in [1.29, 1.82) is 0 Å². The van der Waals surface area contributed by atoms with Crippen LogP contribution in [0.2, 0.25) is 0 Å². The number of aryl methyl sites for hydroxylation is 1. The SMILES string of the molecule is CNC(=O)NCCc1nc(Cc2ccccc2C)no1. The van der Waals surface area contributed by atoms with E-state index >= 15 is 0 Å². The summed E-state index contributed by atoms with van der Waals surface area (Å²) in [7, 11) is 1.57. The van der Waals surface area contributed by atoms with Gasteiger partial charge in [-0.1, -0.05) is 29.4 Å². The smallest absolute Gasteiger partial charge is 0.314 e. The van der Waals surface area contributed by atoms with Crippen LogP contribution in [0, 0.1) is 6.92 Å². The van der Waals surface area contributed by atoms with Crippen molar-refractivity contribution in [2.24, 2.45) is 0 Å². The maximum atomic E-state index is 11.0. The van der Waals surface area contributed by atoms with Crippen molar-refractivity contribution >= 4 is 6.03 Å². The second kappa shape index (κ2) is 6.70. The molecule has 106 valence electrons. The Labute approximate surface area is 117 Å². The molecular formula is C14H18N4O2. The summed E-state index contributed by atoms with van der Waals surface area (Å²) in [6.07, 6.45) is 1.17. The first-order valence-electron chi connectivity index (χ1n) is 6.50. The Morgan fingerprint density at radius 3 is 2.90 bits per heavy atom. The van der Waals surface area contributed by atoms with E-state index in [0.29, 0.717) is 31.1 Å². The quantitative estimate of drug-likeness (QED) is 0.864. The zero-order valence-corrected chi connectivity index (χ0v) is 11.6. The van der Waals surface area contributed by atoms with Crippen molar-refractivity contribution < 1.29 is 9.32 Å². The lowest BCUT2D eigenvalue weighted by Crippen LogP contribution is -2.34. The van der Waals surface area contributed by atoms with Crippen LogP contribution in [0.3, 0.4) is 0 Å². The third kappa shape index (κ3) is 3.81. The molecule has 1 aromatic heterocycles. The van der Waals surface area contributed by atoms with E-state index in [0.717, 1.165) is 0 Å². The minimum Gasteiger partial charge on any atom is -0.341 e. The highest BCUT2D eigenvalue weighted by atomic mass is 16.5. The number of carbonyl (C=O) groups is 1. The minimum atomic E-state index is -0.218. The predicted molar refractivity (Wildman–Crippen MR) is 74.4 cm³/mol. The average Bonchev–Trinajstić information content (AvgIpc) is 2.89. The van der Waals surface area contributed by atoms with Crippen molar-refractivity contribution in [2.45, 2.75) is 19.8 Å². The Morgan fingerprint density at radius 1 is 1.35 bits per heavy atom. The zero-order valence-electron chi connectivity index (χ0n) is 11.6. The second-order valence-corrected chi connectivity index (χ2v) is 4.46. The molecule has 0 radical (unpaired) electrons. The highest BCUT2D eigenvalue weighted by molar-refractivity contribution is 5.73. The molecule has 6 heteroatoms. The highest BCUT2D eigenvalue weighted by Crippen LogP contribution is 2.11. The molecule has 0 spiro atoms. The summed E-state index contributed by atoms with van der Waals surface area (Å²) >= 11 is 0. The van der Waals surface area contributed by atoms with Crippen molar-refractivity contribution in [1.82, 2.24) is 20.8 Å². The average molecular weight is 274 g/mol. The fourth-order valence-corrected chi connectivity index (χ4v) is 1.81. The summed E-state index contributed by atoms with van der Waals surface area (Å²) in [5.74, 6) is 1.19. The third-order valence-electron chi connectivity index (χ3n) is 2.97. The van der Waals surface area contributed by atoms with Gasteiger partial charge in [0.2, 0.25) is 5.89 Å². The van der Waals surface area contributed by atoms with E-state index < -0.39 is 0 Å². The monoisotopic (exact) mass is 274 g/mol. The molecule has 20 heavy (non-hydrogen) atoms. The molecule has 0 saturated heterocycles. The van der Waals surface area contributed by atoms with Crippen molar-refractivity contribution in [3.63, 3.8) is 0 Å². The first kappa shape index (κ1) is 14.0. The van der Waals surface area contributed by atoms with Gasteiger partial charge in [0.15, 0.2) is 5.82 Å². The van der Waals surface area contributed by atoms with E-state index in [2.05, 4.69) is 39.8 Å². The van der Waals surface area contributed by atoms with Gasteiger partial charge >= 0.3 is 6.03 Å². The third-order valence-corrected chi connectivity index (χ3v) is 2.97. The predicted octanol–water partition coefficient (Wildman–Crippen LogP) is 1.44. The van der Waals surface area contributed by atoms with E-state index in [1.807, 2.05) is 12.1 Å². The summed E-state index contributed by atoms with van der Waals surface area (Å²) < 4.78 is 5.16. The van der Waals surface area contributed by atoms with Crippen LogP contribution >= 0.6 is 0 Å². The largest absolute Gasteiger partial charge is 0.341 e. The highest BCUT2D eigenvalue weighted by Gasteiger charge is 2.08. The van der Waals surface area contributed by atoms with Crippen molar-refractivity contribution in [3.05, 3.63) is 47.1 Å². The number of nitrogens with one attached hydrogen (secondary N) is 2. The molecule has 2 amide bonds. The molecule has 2 aromatic rings. The Bertz CT molecular complexity index is 580. The fourth-order valence-electron chi connectivity index (χ4n) is 1.81. The first-order chi connectivity index (χ1) is 9.69. The molecule has 0 atom stereocenters. The van der Waals surface area contributed by atoms with Crippen LogP contribution in [0.4, 0.5) is 4.79 Å². The molecule has 0 aliphatic carbocycles. The summed E-state index contributed by atoms with van der Waals surface area (Å²) in [6, 6.07) is 7.90. The maximum absolute atomic E-state index is 11.0. The Balaban J connectivity index is 1.89. The number of nitrogens with zero attached hydrogens (tertiary/aromatic N) is 2. The van der Waals surface area contributed by atoms with Gasteiger partial charge in [-0.2, -0.15) is 4.98 Å². The van der Waals surface area contributed by atoms with Gasteiger partial charge in [-0.25, -0.2) is 4.79 Å². The number of benzene rings is 1. The summed E-state index contributed by atoms with van der Waals surface area (Å²) in [4.78, 5) is 15.3. The number of amides is 2. The van der Waals surface area contributed by atoms with Gasteiger partial charge in [0.25, 0.3) is 0 Å². The second-order valence-electron chi connectivity index (χ2n) is 4.46. The lowest BCUT2D eigenvalue weighted by atomic mass is 10.1. The summed E-state index contributed by atoms with van der Waals surface area (Å²) in [6.45, 7) is 2.52. The van der Waals surface area contributed by atoms with Crippen LogP contribution in [0.25, 0.3) is 0 Å². The van der Waals surface area contributed by atoms with E-state index in [1.165, 1.54) is 11.1 Å². The molecule has 0 bridgehead atoms. The molecule has 1 aromatic carbocycles. The lowest BCUT2D eigenvalue weighted by Gasteiger charge is -2.01. The molecule has 1 heterocycles. The fraction of sp³-hybridized carbons (Fsp3) is 0.357. The van der Waals surface area contributed by atoms with Gasteiger partial charge in [0.1, 0.15) is 0 Å². The first-order valence-corrected chi connectivity index (χ1v) is 6.50. The number of hydrogen-bond acceptors (Lipinski definition) is 4.